The lowest BCUT2D eigenvalue weighted by molar-refractivity contribution is 0.100. The number of hydrogen-bond acceptors (Lipinski definition) is 4. The topological polar surface area (TPSA) is 86.2 Å². The van der Waals surface area contributed by atoms with Crippen LogP contribution in [-0.4, -0.2) is 25.5 Å². The summed E-state index contributed by atoms with van der Waals surface area (Å²) in [4.78, 5) is 20.0. The Hall–Kier alpha value is -3.20. The summed E-state index contributed by atoms with van der Waals surface area (Å²) >= 11 is 0. The number of rotatable bonds is 2. The summed E-state index contributed by atoms with van der Waals surface area (Å²) in [5.74, 6) is 1.97. The van der Waals surface area contributed by atoms with E-state index in [1.807, 2.05) is 19.1 Å². The van der Waals surface area contributed by atoms with E-state index in [0.29, 0.717) is 16.9 Å². The van der Waals surface area contributed by atoms with Crippen LogP contribution >= 0.6 is 0 Å². The molecule has 0 bridgehead atoms. The molecule has 0 aliphatic heterocycles. The summed E-state index contributed by atoms with van der Waals surface area (Å²) < 4.78 is 1.57. The van der Waals surface area contributed by atoms with Gasteiger partial charge in [-0.1, -0.05) is 5.92 Å². The molecule has 0 aromatic carbocycles. The van der Waals surface area contributed by atoms with Crippen molar-refractivity contribution in [2.24, 2.45) is 5.73 Å². The standard InChI is InChI=1S/C15H11N5O/c1-3-10-5-11(7-17-6-10)13-4-9(2)20-15(19-13)12(8-18-20)14(16)21/h1,4-8H,2H3,(H2,16,21). The Morgan fingerprint density at radius 3 is 2.86 bits per heavy atom. The zero-order valence-corrected chi connectivity index (χ0v) is 11.2. The lowest BCUT2D eigenvalue weighted by Gasteiger charge is -2.05. The van der Waals surface area contributed by atoms with Crippen LogP contribution in [0.4, 0.5) is 0 Å². The maximum absolute atomic E-state index is 11.4. The number of terminal acetylenes is 1. The van der Waals surface area contributed by atoms with E-state index >= 15 is 0 Å². The number of hydrogen-bond donors (Lipinski definition) is 1. The average molecular weight is 277 g/mol. The maximum atomic E-state index is 11.4. The van der Waals surface area contributed by atoms with E-state index in [1.165, 1.54) is 6.20 Å². The summed E-state index contributed by atoms with van der Waals surface area (Å²) in [6.07, 6.45) is 10.1. The van der Waals surface area contributed by atoms with E-state index in [2.05, 4.69) is 21.0 Å². The van der Waals surface area contributed by atoms with Crippen LogP contribution in [0, 0.1) is 19.3 Å². The quantitative estimate of drug-likeness (QED) is 0.713. The fourth-order valence-electron chi connectivity index (χ4n) is 2.09. The Morgan fingerprint density at radius 1 is 1.33 bits per heavy atom. The Labute approximate surface area is 120 Å². The van der Waals surface area contributed by atoms with Crippen LogP contribution in [0.5, 0.6) is 0 Å². The van der Waals surface area contributed by atoms with Crippen LogP contribution in [0.25, 0.3) is 16.9 Å². The maximum Gasteiger partial charge on any atom is 0.254 e. The predicted octanol–water partition coefficient (Wildman–Crippen LogP) is 1.18. The molecule has 0 spiro atoms. The van der Waals surface area contributed by atoms with Gasteiger partial charge in [0.15, 0.2) is 5.65 Å². The van der Waals surface area contributed by atoms with Crippen molar-refractivity contribution in [2.45, 2.75) is 6.92 Å². The summed E-state index contributed by atoms with van der Waals surface area (Å²) in [6, 6.07) is 3.66. The van der Waals surface area contributed by atoms with E-state index in [1.54, 1.807) is 16.9 Å². The molecular formula is C15H11N5O. The molecule has 0 fully saturated rings. The lowest BCUT2D eigenvalue weighted by Crippen LogP contribution is -2.11. The van der Waals surface area contributed by atoms with Crippen LogP contribution < -0.4 is 5.73 Å². The molecule has 6 heteroatoms. The molecule has 0 saturated heterocycles. The highest BCUT2D eigenvalue weighted by atomic mass is 16.1. The number of fused-ring (bicyclic) bond motifs is 1. The number of nitrogens with two attached hydrogens (primary N) is 1. The average Bonchev–Trinajstić information content (AvgIpc) is 2.92. The van der Waals surface area contributed by atoms with Gasteiger partial charge in [-0.2, -0.15) is 5.10 Å². The second kappa shape index (κ2) is 4.72. The van der Waals surface area contributed by atoms with Crippen LogP contribution in [0.3, 0.4) is 0 Å². The van der Waals surface area contributed by atoms with E-state index < -0.39 is 5.91 Å². The van der Waals surface area contributed by atoms with Crippen molar-refractivity contribution in [3.05, 3.63) is 47.5 Å². The van der Waals surface area contributed by atoms with Crippen molar-refractivity contribution in [1.82, 2.24) is 19.6 Å². The highest BCUT2D eigenvalue weighted by Crippen LogP contribution is 2.21. The van der Waals surface area contributed by atoms with Crippen LogP contribution in [-0.2, 0) is 0 Å². The molecule has 3 aromatic heterocycles. The van der Waals surface area contributed by atoms with Crippen LogP contribution in [0.2, 0.25) is 0 Å². The van der Waals surface area contributed by atoms with E-state index in [9.17, 15) is 4.79 Å². The monoisotopic (exact) mass is 277 g/mol. The van der Waals surface area contributed by atoms with Crippen molar-refractivity contribution in [3.63, 3.8) is 0 Å². The van der Waals surface area contributed by atoms with Gasteiger partial charge in [-0.15, -0.1) is 6.42 Å². The largest absolute Gasteiger partial charge is 0.365 e. The first-order valence-electron chi connectivity index (χ1n) is 6.17. The molecule has 0 atom stereocenters. The Kier molecular flexibility index (Phi) is 2.88. The molecule has 0 radical (unpaired) electrons. The minimum absolute atomic E-state index is 0.279. The number of amides is 1. The Morgan fingerprint density at radius 2 is 2.14 bits per heavy atom. The van der Waals surface area contributed by atoms with Crippen molar-refractivity contribution in [2.75, 3.05) is 0 Å². The molecule has 3 rings (SSSR count). The number of aryl methyl sites for hydroxylation is 1. The molecule has 0 unspecified atom stereocenters. The zero-order chi connectivity index (χ0) is 15.0. The first-order valence-corrected chi connectivity index (χ1v) is 6.17. The van der Waals surface area contributed by atoms with Gasteiger partial charge in [-0.25, -0.2) is 9.50 Å². The number of primary amides is 1. The minimum Gasteiger partial charge on any atom is -0.365 e. The highest BCUT2D eigenvalue weighted by molar-refractivity contribution is 5.98. The fraction of sp³-hybridized carbons (Fsp3) is 0.0667. The molecule has 102 valence electrons. The van der Waals surface area contributed by atoms with Crippen LogP contribution in [0.1, 0.15) is 21.6 Å². The van der Waals surface area contributed by atoms with Gasteiger partial charge < -0.3 is 5.73 Å². The van der Waals surface area contributed by atoms with E-state index in [4.69, 9.17) is 12.2 Å². The van der Waals surface area contributed by atoms with Crippen molar-refractivity contribution >= 4 is 11.6 Å². The molecular weight excluding hydrogens is 266 g/mol. The minimum atomic E-state index is -0.565. The first-order chi connectivity index (χ1) is 10.1. The van der Waals surface area contributed by atoms with Gasteiger partial charge in [0.2, 0.25) is 0 Å². The van der Waals surface area contributed by atoms with Gasteiger partial charge in [0.05, 0.1) is 11.9 Å². The van der Waals surface area contributed by atoms with Gasteiger partial charge >= 0.3 is 0 Å². The summed E-state index contributed by atoms with van der Waals surface area (Å²) in [7, 11) is 0. The third-order valence-corrected chi connectivity index (χ3v) is 3.12. The molecule has 1 amide bonds. The normalized spacial score (nSPS) is 10.5. The van der Waals surface area contributed by atoms with Gasteiger partial charge in [0.1, 0.15) is 5.56 Å². The molecule has 21 heavy (non-hydrogen) atoms. The second-order valence-corrected chi connectivity index (χ2v) is 4.55. The van der Waals surface area contributed by atoms with Crippen molar-refractivity contribution in [3.8, 4) is 23.6 Å². The molecule has 0 saturated carbocycles. The summed E-state index contributed by atoms with van der Waals surface area (Å²) in [6.45, 7) is 1.87. The number of nitrogens with zero attached hydrogens (tertiary/aromatic N) is 4. The summed E-state index contributed by atoms with van der Waals surface area (Å²) in [5.41, 5.74) is 8.96. The molecule has 0 aliphatic carbocycles. The van der Waals surface area contributed by atoms with Gasteiger partial charge in [0, 0.05) is 29.2 Å². The molecule has 2 N–H and O–H groups in total. The predicted molar refractivity (Wildman–Crippen MR) is 77.4 cm³/mol. The Balaban J connectivity index is 2.26. The molecule has 3 heterocycles. The number of carbonyl (C=O) groups is 1. The van der Waals surface area contributed by atoms with Crippen LogP contribution in [0.15, 0.2) is 30.7 Å². The summed E-state index contributed by atoms with van der Waals surface area (Å²) in [5, 5.41) is 4.11. The number of pyridine rings is 1. The second-order valence-electron chi connectivity index (χ2n) is 4.55. The first kappa shape index (κ1) is 12.8. The zero-order valence-electron chi connectivity index (χ0n) is 11.2. The molecule has 0 aliphatic rings. The third kappa shape index (κ3) is 2.11. The van der Waals surface area contributed by atoms with Crippen molar-refractivity contribution in [1.29, 1.82) is 0 Å². The van der Waals surface area contributed by atoms with Crippen molar-refractivity contribution < 1.29 is 4.79 Å². The van der Waals surface area contributed by atoms with Gasteiger partial charge in [-0.05, 0) is 19.1 Å². The molecule has 6 nitrogen and oxygen atoms in total. The SMILES string of the molecule is C#Cc1cncc(-c2cc(C)n3ncc(C(N)=O)c3n2)c1. The lowest BCUT2D eigenvalue weighted by atomic mass is 10.1. The Bertz CT molecular complexity index is 904. The fourth-order valence-corrected chi connectivity index (χ4v) is 2.09. The van der Waals surface area contributed by atoms with E-state index in [0.717, 1.165) is 11.3 Å². The molecule has 3 aromatic rings. The van der Waals surface area contributed by atoms with Gasteiger partial charge in [-0.3, -0.25) is 9.78 Å². The highest BCUT2D eigenvalue weighted by Gasteiger charge is 2.14. The smallest absolute Gasteiger partial charge is 0.254 e. The number of carbonyl (C=O) groups excluding carboxylic acids is 1. The third-order valence-electron chi connectivity index (χ3n) is 3.12. The van der Waals surface area contributed by atoms with E-state index in [-0.39, 0.29) is 5.56 Å². The van der Waals surface area contributed by atoms with Gasteiger partial charge in [0.25, 0.3) is 5.91 Å². The number of aromatic nitrogens is 4.